The summed E-state index contributed by atoms with van der Waals surface area (Å²) in [6.45, 7) is 3.84. The van der Waals surface area contributed by atoms with Crippen LogP contribution >= 0.6 is 0 Å². The largest absolute Gasteiger partial charge is 0.381 e. The molecule has 0 spiro atoms. The van der Waals surface area contributed by atoms with Gasteiger partial charge in [-0.1, -0.05) is 37.3 Å². The molecule has 3 nitrogen and oxygen atoms in total. The van der Waals surface area contributed by atoms with E-state index in [1.165, 1.54) is 5.56 Å². The molecule has 94 valence electrons. The number of hydrogen-bond acceptors (Lipinski definition) is 3. The Balaban J connectivity index is 2.35. The van der Waals surface area contributed by atoms with Gasteiger partial charge >= 0.3 is 0 Å². The van der Waals surface area contributed by atoms with Gasteiger partial charge in [-0.15, -0.1) is 0 Å². The van der Waals surface area contributed by atoms with Crippen molar-refractivity contribution in [3.8, 4) is 0 Å². The van der Waals surface area contributed by atoms with Gasteiger partial charge in [0.2, 0.25) is 0 Å². The van der Waals surface area contributed by atoms with Crippen molar-refractivity contribution in [2.24, 2.45) is 5.84 Å². The van der Waals surface area contributed by atoms with Crippen LogP contribution in [0.2, 0.25) is 0 Å². The smallest absolute Gasteiger partial charge is 0.0475 e. The highest BCUT2D eigenvalue weighted by Gasteiger charge is 2.40. The molecule has 17 heavy (non-hydrogen) atoms. The van der Waals surface area contributed by atoms with Gasteiger partial charge in [-0.05, 0) is 24.8 Å². The Morgan fingerprint density at radius 1 is 1.29 bits per heavy atom. The second-order valence-electron chi connectivity index (χ2n) is 4.76. The number of hydrazine groups is 1. The predicted octanol–water partition coefficient (Wildman–Crippen LogP) is 1.98. The average Bonchev–Trinajstić information content (AvgIpc) is 2.42. The van der Waals surface area contributed by atoms with E-state index in [0.717, 1.165) is 32.5 Å². The van der Waals surface area contributed by atoms with Crippen LogP contribution < -0.4 is 11.3 Å². The first kappa shape index (κ1) is 12.6. The summed E-state index contributed by atoms with van der Waals surface area (Å²) in [5.41, 5.74) is 4.52. The summed E-state index contributed by atoms with van der Waals surface area (Å²) in [6, 6.07) is 11.0. The second kappa shape index (κ2) is 5.63. The fourth-order valence-electron chi connectivity index (χ4n) is 3.01. The first-order valence-corrected chi connectivity index (χ1v) is 6.43. The molecule has 0 saturated carbocycles. The minimum absolute atomic E-state index is 0.128. The minimum Gasteiger partial charge on any atom is -0.381 e. The molecule has 3 heteroatoms. The summed E-state index contributed by atoms with van der Waals surface area (Å²) in [7, 11) is 0. The highest BCUT2D eigenvalue weighted by molar-refractivity contribution is 5.28. The highest BCUT2D eigenvalue weighted by atomic mass is 16.5. The van der Waals surface area contributed by atoms with Crippen molar-refractivity contribution >= 4 is 0 Å². The van der Waals surface area contributed by atoms with Crippen LogP contribution in [0.4, 0.5) is 0 Å². The van der Waals surface area contributed by atoms with Crippen molar-refractivity contribution in [3.05, 3.63) is 35.9 Å². The van der Waals surface area contributed by atoms with Gasteiger partial charge in [0.15, 0.2) is 0 Å². The second-order valence-corrected chi connectivity index (χ2v) is 4.76. The van der Waals surface area contributed by atoms with Gasteiger partial charge < -0.3 is 4.74 Å². The zero-order valence-electron chi connectivity index (χ0n) is 10.5. The van der Waals surface area contributed by atoms with E-state index in [-0.39, 0.29) is 5.41 Å². The number of nitrogens with two attached hydrogens (primary N) is 1. The Labute approximate surface area is 103 Å². The molecule has 1 aliphatic rings. The lowest BCUT2D eigenvalue weighted by molar-refractivity contribution is 0.0337. The van der Waals surface area contributed by atoms with E-state index < -0.39 is 0 Å². The molecule has 1 aromatic carbocycles. The van der Waals surface area contributed by atoms with Gasteiger partial charge in [0.05, 0.1) is 0 Å². The Hall–Kier alpha value is -0.900. The fourth-order valence-corrected chi connectivity index (χ4v) is 3.01. The van der Waals surface area contributed by atoms with Gasteiger partial charge in [0, 0.05) is 24.7 Å². The third kappa shape index (κ3) is 2.37. The normalized spacial score (nSPS) is 21.1. The highest BCUT2D eigenvalue weighted by Crippen LogP contribution is 2.38. The molecule has 0 bridgehead atoms. The lowest BCUT2D eigenvalue weighted by atomic mass is 9.68. The van der Waals surface area contributed by atoms with Crippen molar-refractivity contribution in [2.45, 2.75) is 37.6 Å². The van der Waals surface area contributed by atoms with E-state index in [2.05, 4.69) is 42.7 Å². The molecule has 0 aliphatic carbocycles. The summed E-state index contributed by atoms with van der Waals surface area (Å²) in [5, 5.41) is 0. The molecule has 3 N–H and O–H groups in total. The number of hydrogen-bond donors (Lipinski definition) is 2. The van der Waals surface area contributed by atoms with Crippen LogP contribution in [0.3, 0.4) is 0 Å². The van der Waals surface area contributed by atoms with E-state index >= 15 is 0 Å². The molecule has 0 radical (unpaired) electrons. The number of rotatable bonds is 4. The molecule has 1 fully saturated rings. The average molecular weight is 234 g/mol. The summed E-state index contributed by atoms with van der Waals surface area (Å²) < 4.78 is 5.52. The van der Waals surface area contributed by atoms with Gasteiger partial charge in [-0.2, -0.15) is 0 Å². The van der Waals surface area contributed by atoms with Crippen LogP contribution in [0.1, 0.15) is 31.7 Å². The maximum absolute atomic E-state index is 5.75. The molecular weight excluding hydrogens is 212 g/mol. The fraction of sp³-hybridized carbons (Fsp3) is 0.571. The van der Waals surface area contributed by atoms with Crippen LogP contribution in [0.25, 0.3) is 0 Å². The molecule has 2 rings (SSSR count). The zero-order chi connectivity index (χ0) is 12.1. The van der Waals surface area contributed by atoms with Crippen molar-refractivity contribution in [2.75, 3.05) is 13.2 Å². The van der Waals surface area contributed by atoms with Crippen LogP contribution in [-0.4, -0.2) is 19.3 Å². The molecule has 1 aliphatic heterocycles. The lowest BCUT2D eigenvalue weighted by Gasteiger charge is -2.43. The Morgan fingerprint density at radius 2 is 1.94 bits per heavy atom. The van der Waals surface area contributed by atoms with E-state index in [1.807, 2.05) is 0 Å². The van der Waals surface area contributed by atoms with Crippen LogP contribution in [0, 0.1) is 0 Å². The summed E-state index contributed by atoms with van der Waals surface area (Å²) in [6.07, 6.45) is 3.12. The number of ether oxygens (including phenoxy) is 1. The van der Waals surface area contributed by atoms with Crippen LogP contribution in [0.15, 0.2) is 30.3 Å². The number of nitrogens with one attached hydrogen (secondary N) is 1. The molecule has 0 amide bonds. The standard InChI is InChI=1S/C14H22N2O/c1-2-13(16-15)14(8-10-17-11-9-14)12-6-4-3-5-7-12/h3-7,13,16H,2,8-11,15H2,1H3. The Morgan fingerprint density at radius 3 is 2.47 bits per heavy atom. The molecular formula is C14H22N2O. The first-order valence-electron chi connectivity index (χ1n) is 6.43. The Kier molecular flexibility index (Phi) is 4.15. The Bertz CT molecular complexity index is 329. The SMILES string of the molecule is CCC(NN)C1(c2ccccc2)CCOCC1. The number of benzene rings is 1. The van der Waals surface area contributed by atoms with E-state index in [9.17, 15) is 0 Å². The van der Waals surface area contributed by atoms with Gasteiger partial charge in [-0.25, -0.2) is 0 Å². The van der Waals surface area contributed by atoms with Crippen LogP contribution in [0.5, 0.6) is 0 Å². The van der Waals surface area contributed by atoms with E-state index in [1.54, 1.807) is 0 Å². The van der Waals surface area contributed by atoms with Gasteiger partial charge in [-0.3, -0.25) is 11.3 Å². The van der Waals surface area contributed by atoms with Crippen LogP contribution in [-0.2, 0) is 10.2 Å². The van der Waals surface area contributed by atoms with Crippen molar-refractivity contribution in [3.63, 3.8) is 0 Å². The summed E-state index contributed by atoms with van der Waals surface area (Å²) >= 11 is 0. The summed E-state index contributed by atoms with van der Waals surface area (Å²) in [5.74, 6) is 5.75. The van der Waals surface area contributed by atoms with E-state index in [0.29, 0.717) is 6.04 Å². The zero-order valence-corrected chi connectivity index (χ0v) is 10.5. The topological polar surface area (TPSA) is 47.3 Å². The lowest BCUT2D eigenvalue weighted by Crippen LogP contribution is -2.53. The monoisotopic (exact) mass is 234 g/mol. The van der Waals surface area contributed by atoms with Crippen molar-refractivity contribution in [1.82, 2.24) is 5.43 Å². The van der Waals surface area contributed by atoms with Crippen molar-refractivity contribution in [1.29, 1.82) is 0 Å². The van der Waals surface area contributed by atoms with E-state index in [4.69, 9.17) is 10.6 Å². The molecule has 1 heterocycles. The van der Waals surface area contributed by atoms with Crippen molar-refractivity contribution < 1.29 is 4.74 Å². The van der Waals surface area contributed by atoms with Gasteiger partial charge in [0.25, 0.3) is 0 Å². The predicted molar refractivity (Wildman–Crippen MR) is 69.6 cm³/mol. The quantitative estimate of drug-likeness (QED) is 0.618. The molecule has 1 unspecified atom stereocenters. The summed E-state index contributed by atoms with van der Waals surface area (Å²) in [4.78, 5) is 0. The first-order chi connectivity index (χ1) is 8.33. The maximum atomic E-state index is 5.75. The molecule has 1 saturated heterocycles. The molecule has 1 atom stereocenters. The molecule has 0 aromatic heterocycles. The molecule has 1 aromatic rings. The van der Waals surface area contributed by atoms with Gasteiger partial charge in [0.1, 0.15) is 0 Å². The third-order valence-corrected chi connectivity index (χ3v) is 4.01. The minimum atomic E-state index is 0.128. The maximum Gasteiger partial charge on any atom is 0.0475 e. The third-order valence-electron chi connectivity index (χ3n) is 4.01.